The molecular weight excluding hydrogens is 324 g/mol. The van der Waals surface area contributed by atoms with Crippen LogP contribution in [-0.4, -0.2) is 36.3 Å². The lowest BCUT2D eigenvalue weighted by atomic mass is 10.2. The molecule has 2 aromatic carbocycles. The standard InChI is InChI=1S/C18H18N4O.ClH/c1-2-6-14(7-3-1)19-18-20-16-9-5-4-8-15(16)17(21-18)22-10-12-23-13-11-22;/h1-9H,10-13H2,(H,19,20,21);1H. The number of hydrogen-bond acceptors (Lipinski definition) is 4. The molecule has 1 saturated heterocycles. The molecule has 3 aromatic rings. The van der Waals surface area contributed by atoms with E-state index in [0.717, 1.165) is 48.7 Å². The van der Waals surface area contributed by atoms with Crippen molar-refractivity contribution in [2.45, 2.75) is 0 Å². The number of morpholine rings is 1. The van der Waals surface area contributed by atoms with Crippen LogP contribution in [0.25, 0.3) is 10.9 Å². The molecule has 4 rings (SSSR count). The topological polar surface area (TPSA) is 51.5 Å². The number of nitrogens with zero attached hydrogens (tertiary/aromatic N) is 2. The third-order valence-corrected chi connectivity index (χ3v) is 4.06. The van der Waals surface area contributed by atoms with Crippen molar-refractivity contribution < 1.29 is 22.0 Å². The Balaban J connectivity index is 0.00000169. The Morgan fingerprint density at radius 3 is 2.38 bits per heavy atom. The van der Waals surface area contributed by atoms with Crippen LogP contribution in [0.4, 0.5) is 17.5 Å². The Hall–Kier alpha value is -2.21. The fourth-order valence-electron chi connectivity index (χ4n) is 2.91. The highest BCUT2D eigenvalue weighted by Gasteiger charge is 2.22. The fraction of sp³-hybridized carbons (Fsp3) is 0.222. The molecule has 5 nitrogen and oxygen atoms in total. The fourth-order valence-corrected chi connectivity index (χ4v) is 2.91. The van der Waals surface area contributed by atoms with Crippen molar-refractivity contribution in [3.05, 3.63) is 54.6 Å². The average molecular weight is 343 g/mol. The number of hydrogen-bond donors (Lipinski definition) is 2. The van der Waals surface area contributed by atoms with Gasteiger partial charge in [0.25, 0.3) is 0 Å². The summed E-state index contributed by atoms with van der Waals surface area (Å²) in [5.74, 6) is 1.70. The van der Waals surface area contributed by atoms with Crippen molar-refractivity contribution in [1.29, 1.82) is 0 Å². The Bertz CT molecular complexity index is 806. The summed E-state index contributed by atoms with van der Waals surface area (Å²) < 4.78 is 5.48. The highest BCUT2D eigenvalue weighted by molar-refractivity contribution is 5.87. The molecule has 124 valence electrons. The largest absolute Gasteiger partial charge is 1.00 e. The van der Waals surface area contributed by atoms with Crippen LogP contribution in [0.2, 0.25) is 0 Å². The van der Waals surface area contributed by atoms with Crippen LogP contribution in [0.3, 0.4) is 0 Å². The van der Waals surface area contributed by atoms with Gasteiger partial charge in [0.2, 0.25) is 11.8 Å². The molecule has 1 aromatic heterocycles. The number of fused-ring (bicyclic) bond motifs is 1. The smallest absolute Gasteiger partial charge is 0.238 e. The van der Waals surface area contributed by atoms with E-state index in [1.54, 1.807) is 0 Å². The summed E-state index contributed by atoms with van der Waals surface area (Å²) in [6, 6.07) is 18.2. The van der Waals surface area contributed by atoms with Crippen LogP contribution in [-0.2, 0) is 4.74 Å². The molecule has 0 unspecified atom stereocenters. The summed E-state index contributed by atoms with van der Waals surface area (Å²) in [5, 5.41) is 4.42. The molecule has 0 spiro atoms. The first-order valence-electron chi connectivity index (χ1n) is 7.92. The van der Waals surface area contributed by atoms with Gasteiger partial charge in [0.15, 0.2) is 0 Å². The van der Waals surface area contributed by atoms with Crippen molar-refractivity contribution in [2.75, 3.05) is 31.6 Å². The molecule has 1 fully saturated rings. The molecular formula is C18H19ClN4O. The van der Waals surface area contributed by atoms with E-state index in [0.29, 0.717) is 5.95 Å². The van der Waals surface area contributed by atoms with Crippen LogP contribution in [0, 0.1) is 0 Å². The van der Waals surface area contributed by atoms with Crippen molar-refractivity contribution in [3.8, 4) is 0 Å². The number of nitrogens with one attached hydrogen (secondary N) is 2. The summed E-state index contributed by atoms with van der Waals surface area (Å²) in [6.07, 6.45) is 0. The maximum Gasteiger partial charge on any atom is 0.238 e. The number of ether oxygens (including phenoxy) is 1. The second kappa shape index (κ2) is 7.57. The molecule has 0 amide bonds. The Morgan fingerprint density at radius 2 is 1.58 bits per heavy atom. The van der Waals surface area contributed by atoms with E-state index in [4.69, 9.17) is 9.72 Å². The summed E-state index contributed by atoms with van der Waals surface area (Å²) in [4.78, 5) is 10.8. The quantitative estimate of drug-likeness (QED) is 0.636. The second-order valence-electron chi connectivity index (χ2n) is 5.62. The number of benzene rings is 2. The van der Waals surface area contributed by atoms with Gasteiger partial charge in [0, 0.05) is 5.69 Å². The Morgan fingerprint density at radius 1 is 0.875 bits per heavy atom. The van der Waals surface area contributed by atoms with Crippen LogP contribution in [0.15, 0.2) is 54.6 Å². The van der Waals surface area contributed by atoms with Gasteiger partial charge in [-0.1, -0.05) is 30.3 Å². The van der Waals surface area contributed by atoms with E-state index in [2.05, 4.69) is 16.4 Å². The van der Waals surface area contributed by atoms with Gasteiger partial charge < -0.3 is 22.5 Å². The minimum Gasteiger partial charge on any atom is -1.00 e. The summed E-state index contributed by atoms with van der Waals surface area (Å²) in [7, 11) is 0. The van der Waals surface area contributed by atoms with Gasteiger partial charge in [0.05, 0.1) is 24.1 Å². The zero-order chi connectivity index (χ0) is 15.5. The van der Waals surface area contributed by atoms with Crippen LogP contribution in [0.5, 0.6) is 0 Å². The molecule has 0 atom stereocenters. The molecule has 1 aliphatic rings. The van der Waals surface area contributed by atoms with Crippen LogP contribution >= 0.6 is 0 Å². The first-order valence-corrected chi connectivity index (χ1v) is 7.92. The summed E-state index contributed by atoms with van der Waals surface area (Å²) in [5.41, 5.74) is 1.96. The zero-order valence-electron chi connectivity index (χ0n) is 13.2. The van der Waals surface area contributed by atoms with Gasteiger partial charge in [-0.3, -0.25) is 4.90 Å². The molecule has 0 radical (unpaired) electrons. The van der Waals surface area contributed by atoms with Gasteiger partial charge in [-0.2, -0.15) is 4.98 Å². The van der Waals surface area contributed by atoms with Gasteiger partial charge in [0.1, 0.15) is 13.1 Å². The first-order chi connectivity index (χ1) is 11.4. The van der Waals surface area contributed by atoms with Crippen molar-refractivity contribution in [2.24, 2.45) is 0 Å². The van der Waals surface area contributed by atoms with Gasteiger partial charge in [-0.05, 0) is 24.3 Å². The first kappa shape index (κ1) is 16.6. The third kappa shape index (κ3) is 3.48. The number of aromatic nitrogens is 2. The highest BCUT2D eigenvalue weighted by Crippen LogP contribution is 2.21. The molecule has 0 saturated carbocycles. The molecule has 6 heteroatoms. The number of para-hydroxylation sites is 2. The Kier molecular flexibility index (Phi) is 5.25. The number of rotatable bonds is 3. The maximum atomic E-state index is 5.48. The molecule has 2 N–H and O–H groups in total. The maximum absolute atomic E-state index is 5.48. The summed E-state index contributed by atoms with van der Waals surface area (Å²) >= 11 is 0. The molecule has 24 heavy (non-hydrogen) atoms. The third-order valence-electron chi connectivity index (χ3n) is 4.06. The molecule has 1 aliphatic heterocycles. The van der Waals surface area contributed by atoms with Crippen LogP contribution < -0.4 is 22.6 Å². The lowest BCUT2D eigenvalue weighted by molar-refractivity contribution is -0.843. The van der Waals surface area contributed by atoms with E-state index in [-0.39, 0.29) is 12.4 Å². The molecule has 0 bridgehead atoms. The highest BCUT2D eigenvalue weighted by atomic mass is 35.5. The van der Waals surface area contributed by atoms with Gasteiger partial charge >= 0.3 is 0 Å². The molecule has 2 heterocycles. The van der Waals surface area contributed by atoms with Crippen LogP contribution in [0.1, 0.15) is 0 Å². The average Bonchev–Trinajstić information content (AvgIpc) is 2.63. The predicted octanol–water partition coefficient (Wildman–Crippen LogP) is -1.08. The van der Waals surface area contributed by atoms with Crippen molar-refractivity contribution in [3.63, 3.8) is 0 Å². The number of halogens is 1. The van der Waals surface area contributed by atoms with E-state index in [9.17, 15) is 0 Å². The summed E-state index contributed by atoms with van der Waals surface area (Å²) in [6.45, 7) is 3.42. The number of anilines is 2. The predicted molar refractivity (Wildman–Crippen MR) is 90.4 cm³/mol. The van der Waals surface area contributed by atoms with Gasteiger partial charge in [-0.15, -0.1) is 0 Å². The minimum atomic E-state index is 0. The van der Waals surface area contributed by atoms with E-state index in [1.807, 2.05) is 48.5 Å². The number of quaternary nitrogens is 1. The SMILES string of the molecule is [Cl-].c1ccc(Nc2nc([NH+]3CCOCC3)c3ccccc3n2)cc1. The Labute approximate surface area is 147 Å². The lowest BCUT2D eigenvalue weighted by Gasteiger charge is -2.23. The van der Waals surface area contributed by atoms with E-state index in [1.165, 1.54) is 4.90 Å². The molecule has 0 aliphatic carbocycles. The normalized spacial score (nSPS) is 15.0. The lowest BCUT2D eigenvalue weighted by Crippen LogP contribution is -3.09. The minimum absolute atomic E-state index is 0. The monoisotopic (exact) mass is 342 g/mol. The van der Waals surface area contributed by atoms with Crippen molar-refractivity contribution in [1.82, 2.24) is 9.97 Å². The van der Waals surface area contributed by atoms with E-state index >= 15 is 0 Å². The van der Waals surface area contributed by atoms with Crippen molar-refractivity contribution >= 4 is 28.4 Å². The van der Waals surface area contributed by atoms with Gasteiger partial charge in [-0.25, -0.2) is 4.98 Å². The zero-order valence-corrected chi connectivity index (χ0v) is 14.0. The van der Waals surface area contributed by atoms with E-state index < -0.39 is 0 Å². The second-order valence-corrected chi connectivity index (χ2v) is 5.62.